The molecule has 11 nitrogen and oxygen atoms in total. The van der Waals surface area contributed by atoms with Crippen LogP contribution in [0.15, 0.2) is 58.2 Å². The van der Waals surface area contributed by atoms with Gasteiger partial charge in [-0.15, -0.1) is 0 Å². The minimum atomic E-state index is -3.85. The first-order valence-electron chi connectivity index (χ1n) is 10.1. The molecule has 0 aliphatic heterocycles. The van der Waals surface area contributed by atoms with Crippen LogP contribution in [-0.4, -0.2) is 42.9 Å². The summed E-state index contributed by atoms with van der Waals surface area (Å²) in [5.41, 5.74) is 6.07. The summed E-state index contributed by atoms with van der Waals surface area (Å²) in [6, 6.07) is 13.0. The Morgan fingerprint density at radius 2 is 1.70 bits per heavy atom. The molecule has 0 fully saturated rings. The van der Waals surface area contributed by atoms with Crippen molar-refractivity contribution in [1.82, 2.24) is 25.0 Å². The van der Waals surface area contributed by atoms with Gasteiger partial charge in [-0.1, -0.05) is 29.8 Å². The largest absolute Gasteiger partial charge is 0.346 e. The molecule has 1 heterocycles. The predicted molar refractivity (Wildman–Crippen MR) is 123 cm³/mol. The highest BCUT2D eigenvalue weighted by molar-refractivity contribution is 7.89. The molecule has 174 valence electrons. The maximum atomic E-state index is 12.6. The van der Waals surface area contributed by atoms with E-state index in [9.17, 15) is 22.8 Å². The van der Waals surface area contributed by atoms with E-state index in [0.717, 1.165) is 5.56 Å². The smallest absolute Gasteiger partial charge is 0.262 e. The number of para-hydroxylation sites is 1. The number of sulfonamides is 1. The molecule has 0 aliphatic carbocycles. The minimum absolute atomic E-state index is 0.0349. The van der Waals surface area contributed by atoms with Crippen molar-refractivity contribution in [3.05, 3.63) is 64.4 Å². The number of anilines is 1. The lowest BCUT2D eigenvalue weighted by molar-refractivity contribution is -0.125. The number of hydrazine groups is 1. The van der Waals surface area contributed by atoms with Crippen molar-refractivity contribution in [3.8, 4) is 0 Å². The lowest BCUT2D eigenvalue weighted by Crippen LogP contribution is -2.44. The number of hydrogen-bond donors (Lipinski definition) is 4. The highest BCUT2D eigenvalue weighted by Crippen LogP contribution is 2.11. The molecule has 4 N–H and O–H groups in total. The van der Waals surface area contributed by atoms with Gasteiger partial charge in [-0.05, 0) is 38.1 Å². The highest BCUT2D eigenvalue weighted by atomic mass is 32.2. The first-order chi connectivity index (χ1) is 15.7. The maximum Gasteiger partial charge on any atom is 0.262 e. The average molecular weight is 473 g/mol. The molecule has 0 aliphatic rings. The van der Waals surface area contributed by atoms with E-state index in [0.29, 0.717) is 17.4 Å². The number of carbonyl (C=O) groups excluding carboxylic acids is 2. The first-order valence-corrected chi connectivity index (χ1v) is 11.6. The van der Waals surface area contributed by atoms with E-state index in [4.69, 9.17) is 0 Å². The number of rotatable bonds is 9. The Kier molecular flexibility index (Phi) is 7.41. The zero-order chi connectivity index (χ0) is 24.0. The number of carbonyl (C=O) groups is 2. The van der Waals surface area contributed by atoms with Crippen molar-refractivity contribution in [3.63, 3.8) is 0 Å². The highest BCUT2D eigenvalue weighted by Gasteiger charge is 2.16. The number of aromatic nitrogens is 2. The Bertz CT molecular complexity index is 1340. The van der Waals surface area contributed by atoms with Crippen molar-refractivity contribution < 1.29 is 18.0 Å². The lowest BCUT2D eigenvalue weighted by Gasteiger charge is -2.14. The van der Waals surface area contributed by atoms with Crippen LogP contribution in [-0.2, 0) is 26.2 Å². The number of amides is 2. The van der Waals surface area contributed by atoms with Crippen molar-refractivity contribution in [2.24, 2.45) is 0 Å². The quantitative estimate of drug-likeness (QED) is 0.326. The van der Waals surface area contributed by atoms with Gasteiger partial charge >= 0.3 is 0 Å². The number of aryl methyl sites for hydroxylation is 1. The van der Waals surface area contributed by atoms with Gasteiger partial charge in [0.15, 0.2) is 0 Å². The summed E-state index contributed by atoms with van der Waals surface area (Å²) in [6.45, 7) is 2.98. The molecule has 0 radical (unpaired) electrons. The SMILES string of the molecule is CCn1c(NNC(=O)CNC(=O)CNS(=O)(=O)c2ccc(C)cc2)nc2ccccc2c1=O. The standard InChI is InChI=1S/C21H24N6O5S/c1-3-27-20(30)16-6-4-5-7-17(16)24-21(27)26-25-19(29)12-22-18(28)13-23-33(31,32)15-10-8-14(2)9-11-15/h4-11,23H,3,12-13H2,1-2H3,(H,22,28)(H,24,26)(H,25,29). The zero-order valence-electron chi connectivity index (χ0n) is 18.1. The second-order valence-corrected chi connectivity index (χ2v) is 8.86. The summed E-state index contributed by atoms with van der Waals surface area (Å²) >= 11 is 0. The minimum Gasteiger partial charge on any atom is -0.346 e. The molecule has 33 heavy (non-hydrogen) atoms. The van der Waals surface area contributed by atoms with Gasteiger partial charge in [0.2, 0.25) is 21.9 Å². The van der Waals surface area contributed by atoms with Crippen molar-refractivity contribution >= 4 is 38.7 Å². The molecular formula is C21H24N6O5S. The molecule has 3 aromatic rings. The van der Waals surface area contributed by atoms with E-state index in [1.165, 1.54) is 16.7 Å². The van der Waals surface area contributed by atoms with Crippen LogP contribution < -0.4 is 26.4 Å². The number of nitrogens with zero attached hydrogens (tertiary/aromatic N) is 2. The monoisotopic (exact) mass is 472 g/mol. The summed E-state index contributed by atoms with van der Waals surface area (Å²) in [5, 5.41) is 2.77. The van der Waals surface area contributed by atoms with E-state index >= 15 is 0 Å². The van der Waals surface area contributed by atoms with E-state index < -0.39 is 34.9 Å². The summed E-state index contributed by atoms with van der Waals surface area (Å²) in [6.07, 6.45) is 0. The summed E-state index contributed by atoms with van der Waals surface area (Å²) in [5.74, 6) is -1.16. The van der Waals surface area contributed by atoms with Gasteiger partial charge in [0.1, 0.15) is 0 Å². The zero-order valence-corrected chi connectivity index (χ0v) is 18.9. The van der Waals surface area contributed by atoms with Gasteiger partial charge < -0.3 is 5.32 Å². The van der Waals surface area contributed by atoms with Crippen LogP contribution in [0.3, 0.4) is 0 Å². The summed E-state index contributed by atoms with van der Waals surface area (Å²) in [7, 11) is -3.85. The Morgan fingerprint density at radius 1 is 1.00 bits per heavy atom. The van der Waals surface area contributed by atoms with Crippen molar-refractivity contribution in [2.45, 2.75) is 25.3 Å². The van der Waals surface area contributed by atoms with Gasteiger partial charge in [-0.3, -0.25) is 29.8 Å². The summed E-state index contributed by atoms with van der Waals surface area (Å²) in [4.78, 5) is 41.0. The van der Waals surface area contributed by atoms with Crippen LogP contribution >= 0.6 is 0 Å². The lowest BCUT2D eigenvalue weighted by atomic mass is 10.2. The van der Waals surface area contributed by atoms with Gasteiger partial charge in [0, 0.05) is 6.54 Å². The fourth-order valence-electron chi connectivity index (χ4n) is 2.93. The fraction of sp³-hybridized carbons (Fsp3) is 0.238. The first kappa shape index (κ1) is 23.9. The van der Waals surface area contributed by atoms with Crippen LogP contribution in [0.1, 0.15) is 12.5 Å². The number of hydrogen-bond acceptors (Lipinski definition) is 7. The fourth-order valence-corrected chi connectivity index (χ4v) is 3.91. The van der Waals surface area contributed by atoms with Crippen LogP contribution in [0, 0.1) is 6.92 Å². The normalized spacial score (nSPS) is 11.2. The molecule has 2 amide bonds. The Labute approximate surface area is 190 Å². The van der Waals surface area contributed by atoms with E-state index in [1.807, 2.05) is 6.92 Å². The molecule has 0 saturated heterocycles. The average Bonchev–Trinajstić information content (AvgIpc) is 2.80. The van der Waals surface area contributed by atoms with E-state index in [2.05, 4.69) is 25.9 Å². The molecule has 0 spiro atoms. The van der Waals surface area contributed by atoms with Crippen molar-refractivity contribution in [2.75, 3.05) is 18.5 Å². The molecule has 0 unspecified atom stereocenters. The molecule has 3 rings (SSSR count). The number of fused-ring (bicyclic) bond motifs is 1. The van der Waals surface area contributed by atoms with Crippen LogP contribution in [0.25, 0.3) is 10.9 Å². The van der Waals surface area contributed by atoms with Crippen molar-refractivity contribution in [1.29, 1.82) is 0 Å². The Morgan fingerprint density at radius 3 is 2.39 bits per heavy atom. The molecule has 1 aromatic heterocycles. The topological polar surface area (TPSA) is 151 Å². The second kappa shape index (κ2) is 10.2. The van der Waals surface area contributed by atoms with E-state index in [-0.39, 0.29) is 16.4 Å². The Hall–Kier alpha value is -3.77. The molecule has 0 bridgehead atoms. The van der Waals surface area contributed by atoms with Gasteiger partial charge in [0.25, 0.3) is 11.5 Å². The number of benzene rings is 2. The second-order valence-electron chi connectivity index (χ2n) is 7.09. The third-order valence-electron chi connectivity index (χ3n) is 4.69. The van der Waals surface area contributed by atoms with Gasteiger partial charge in [0.05, 0.1) is 28.9 Å². The third-order valence-corrected chi connectivity index (χ3v) is 6.11. The van der Waals surface area contributed by atoms with E-state index in [1.54, 1.807) is 43.3 Å². The number of nitrogens with one attached hydrogen (secondary N) is 4. The van der Waals surface area contributed by atoms with Gasteiger partial charge in [-0.25, -0.2) is 18.1 Å². The maximum absolute atomic E-state index is 12.6. The molecule has 12 heteroatoms. The van der Waals surface area contributed by atoms with Crippen LogP contribution in [0.4, 0.5) is 5.95 Å². The third kappa shape index (κ3) is 5.93. The molecule has 0 saturated carbocycles. The Balaban J connectivity index is 1.52. The molecule has 2 aromatic carbocycles. The molecule has 0 atom stereocenters. The van der Waals surface area contributed by atoms with Crippen LogP contribution in [0.2, 0.25) is 0 Å². The van der Waals surface area contributed by atoms with Gasteiger partial charge in [-0.2, -0.15) is 0 Å². The van der Waals surface area contributed by atoms with Crippen LogP contribution in [0.5, 0.6) is 0 Å². The summed E-state index contributed by atoms with van der Waals surface area (Å²) < 4.78 is 28.0. The molecular weight excluding hydrogens is 448 g/mol. The predicted octanol–water partition coefficient (Wildman–Crippen LogP) is 0.263.